The Balaban J connectivity index is 2.58. The molecule has 0 aromatic heterocycles. The first-order valence-corrected chi connectivity index (χ1v) is 3.85. The minimum atomic E-state index is 0.536. The van der Waals surface area contributed by atoms with Crippen molar-refractivity contribution in [3.63, 3.8) is 0 Å². The Hall–Kier alpha value is -1.24. The molecule has 1 heteroatoms. The van der Waals surface area contributed by atoms with Crippen LogP contribution in [0.1, 0.15) is 24.0 Å². The topological polar surface area (TPSA) is 26.0 Å². The van der Waals surface area contributed by atoms with Gasteiger partial charge in [-0.1, -0.05) is 25.1 Å². The average molecular weight is 145 g/mol. The van der Waals surface area contributed by atoms with Crippen molar-refractivity contribution in [2.75, 3.05) is 5.73 Å². The Bertz CT molecular complexity index is 313. The molecule has 1 aromatic rings. The fraction of sp³-hybridized carbons (Fsp3) is 0.200. The molecule has 2 N–H and O–H groups in total. The van der Waals surface area contributed by atoms with Crippen molar-refractivity contribution in [2.45, 2.75) is 12.8 Å². The molecular formula is C10H11N. The van der Waals surface area contributed by atoms with E-state index in [1.54, 1.807) is 0 Å². The number of rotatable bonds is 0. The normalized spacial score (nSPS) is 20.3. The molecule has 11 heavy (non-hydrogen) atoms. The van der Waals surface area contributed by atoms with E-state index < -0.39 is 0 Å². The third kappa shape index (κ3) is 0.929. The quantitative estimate of drug-likeness (QED) is 0.557. The lowest BCUT2D eigenvalue weighted by molar-refractivity contribution is 0.991. The predicted octanol–water partition coefficient (Wildman–Crippen LogP) is 2.40. The van der Waals surface area contributed by atoms with Gasteiger partial charge in [0.15, 0.2) is 0 Å². The molecule has 1 nitrogen and oxygen atoms in total. The smallest absolute Gasteiger partial charge is 0.0317 e. The zero-order valence-electron chi connectivity index (χ0n) is 6.54. The van der Waals surface area contributed by atoms with Gasteiger partial charge in [0.2, 0.25) is 0 Å². The number of anilines is 1. The Morgan fingerprint density at radius 2 is 2.18 bits per heavy atom. The van der Waals surface area contributed by atoms with E-state index in [0.717, 1.165) is 5.69 Å². The van der Waals surface area contributed by atoms with E-state index >= 15 is 0 Å². The third-order valence-electron chi connectivity index (χ3n) is 2.17. The third-order valence-corrected chi connectivity index (χ3v) is 2.17. The molecule has 0 fully saturated rings. The molecule has 1 aromatic carbocycles. The van der Waals surface area contributed by atoms with Gasteiger partial charge in [-0.3, -0.25) is 0 Å². The summed E-state index contributed by atoms with van der Waals surface area (Å²) in [4.78, 5) is 0. The monoisotopic (exact) mass is 145 g/mol. The van der Waals surface area contributed by atoms with E-state index in [1.807, 2.05) is 6.07 Å². The first-order valence-electron chi connectivity index (χ1n) is 3.85. The van der Waals surface area contributed by atoms with E-state index in [2.05, 4.69) is 31.2 Å². The van der Waals surface area contributed by atoms with E-state index in [1.165, 1.54) is 11.1 Å². The molecule has 0 saturated carbocycles. The van der Waals surface area contributed by atoms with Gasteiger partial charge in [-0.05, 0) is 29.2 Å². The lowest BCUT2D eigenvalue weighted by atomic mass is 10.0. The number of hydrogen-bond donors (Lipinski definition) is 1. The van der Waals surface area contributed by atoms with Gasteiger partial charge < -0.3 is 5.73 Å². The lowest BCUT2D eigenvalue weighted by Gasteiger charge is -2.04. The highest BCUT2D eigenvalue weighted by molar-refractivity contribution is 5.65. The molecule has 2 rings (SSSR count). The second-order valence-electron chi connectivity index (χ2n) is 3.04. The molecule has 0 aliphatic heterocycles. The molecule has 0 radical (unpaired) electrons. The van der Waals surface area contributed by atoms with Crippen molar-refractivity contribution >= 4 is 11.8 Å². The van der Waals surface area contributed by atoms with E-state index in [9.17, 15) is 0 Å². The molecule has 0 amide bonds. The molecule has 0 heterocycles. The molecule has 1 aliphatic carbocycles. The molecule has 1 unspecified atom stereocenters. The summed E-state index contributed by atoms with van der Waals surface area (Å²) >= 11 is 0. The molecular weight excluding hydrogens is 134 g/mol. The second-order valence-corrected chi connectivity index (χ2v) is 3.04. The van der Waals surface area contributed by atoms with Crippen LogP contribution in [0.4, 0.5) is 5.69 Å². The fourth-order valence-corrected chi connectivity index (χ4v) is 1.49. The first kappa shape index (κ1) is 6.47. The van der Waals surface area contributed by atoms with Crippen molar-refractivity contribution < 1.29 is 0 Å². The molecule has 0 saturated heterocycles. The number of benzene rings is 1. The number of allylic oxidation sites excluding steroid dienone is 1. The van der Waals surface area contributed by atoms with Crippen LogP contribution < -0.4 is 5.73 Å². The highest BCUT2D eigenvalue weighted by Crippen LogP contribution is 2.30. The lowest BCUT2D eigenvalue weighted by Crippen LogP contribution is -1.90. The van der Waals surface area contributed by atoms with Crippen LogP contribution in [0.15, 0.2) is 24.3 Å². The van der Waals surface area contributed by atoms with Gasteiger partial charge in [-0.25, -0.2) is 0 Å². The van der Waals surface area contributed by atoms with Crippen molar-refractivity contribution in [1.82, 2.24) is 0 Å². The molecule has 1 aliphatic rings. The first-order chi connectivity index (χ1) is 5.27. The minimum Gasteiger partial charge on any atom is -0.399 e. The average Bonchev–Trinajstić information content (AvgIpc) is 2.33. The van der Waals surface area contributed by atoms with Gasteiger partial charge >= 0.3 is 0 Å². The number of hydrogen-bond acceptors (Lipinski definition) is 1. The van der Waals surface area contributed by atoms with Crippen LogP contribution in [0.25, 0.3) is 6.08 Å². The highest BCUT2D eigenvalue weighted by Gasteiger charge is 2.11. The Morgan fingerprint density at radius 3 is 3.00 bits per heavy atom. The van der Waals surface area contributed by atoms with Gasteiger partial charge in [0.1, 0.15) is 0 Å². The molecule has 0 bridgehead atoms. The van der Waals surface area contributed by atoms with Crippen molar-refractivity contribution in [3.8, 4) is 0 Å². The van der Waals surface area contributed by atoms with Crippen LogP contribution in [0.3, 0.4) is 0 Å². The summed E-state index contributed by atoms with van der Waals surface area (Å²) in [5, 5.41) is 0. The summed E-state index contributed by atoms with van der Waals surface area (Å²) in [6, 6.07) is 6.08. The van der Waals surface area contributed by atoms with Crippen molar-refractivity contribution in [3.05, 3.63) is 35.4 Å². The number of nitrogens with two attached hydrogens (primary N) is 1. The zero-order chi connectivity index (χ0) is 7.84. The molecule has 0 spiro atoms. The van der Waals surface area contributed by atoms with Crippen LogP contribution in [0, 0.1) is 0 Å². The summed E-state index contributed by atoms with van der Waals surface area (Å²) < 4.78 is 0. The van der Waals surface area contributed by atoms with Crippen molar-refractivity contribution in [2.24, 2.45) is 0 Å². The maximum absolute atomic E-state index is 5.67. The van der Waals surface area contributed by atoms with Crippen LogP contribution in [-0.4, -0.2) is 0 Å². The van der Waals surface area contributed by atoms with Crippen LogP contribution >= 0.6 is 0 Å². The highest BCUT2D eigenvalue weighted by atomic mass is 14.5. The van der Waals surface area contributed by atoms with Gasteiger partial charge in [0, 0.05) is 5.69 Å². The standard InChI is InChI=1S/C10H11N/c1-7-2-3-8-4-5-9(11)6-10(7)8/h2-7H,11H2,1H3. The molecule has 56 valence electrons. The Kier molecular flexibility index (Phi) is 1.25. The summed E-state index contributed by atoms with van der Waals surface area (Å²) in [7, 11) is 0. The van der Waals surface area contributed by atoms with Crippen LogP contribution in [0.2, 0.25) is 0 Å². The van der Waals surface area contributed by atoms with E-state index in [4.69, 9.17) is 5.73 Å². The summed E-state index contributed by atoms with van der Waals surface area (Å²) in [5.74, 6) is 0.536. The largest absolute Gasteiger partial charge is 0.399 e. The van der Waals surface area contributed by atoms with Crippen LogP contribution in [0.5, 0.6) is 0 Å². The summed E-state index contributed by atoms with van der Waals surface area (Å²) in [6.45, 7) is 2.18. The predicted molar refractivity (Wildman–Crippen MR) is 48.3 cm³/mol. The van der Waals surface area contributed by atoms with Gasteiger partial charge in [-0.15, -0.1) is 0 Å². The zero-order valence-corrected chi connectivity index (χ0v) is 6.54. The van der Waals surface area contributed by atoms with Gasteiger partial charge in [-0.2, -0.15) is 0 Å². The maximum atomic E-state index is 5.67. The van der Waals surface area contributed by atoms with E-state index in [0.29, 0.717) is 5.92 Å². The molecule has 1 atom stereocenters. The maximum Gasteiger partial charge on any atom is 0.0317 e. The van der Waals surface area contributed by atoms with Crippen LogP contribution in [-0.2, 0) is 0 Å². The SMILES string of the molecule is CC1C=Cc2ccc(N)cc21. The van der Waals surface area contributed by atoms with E-state index in [-0.39, 0.29) is 0 Å². The minimum absolute atomic E-state index is 0.536. The summed E-state index contributed by atoms with van der Waals surface area (Å²) in [6.07, 6.45) is 4.35. The fourth-order valence-electron chi connectivity index (χ4n) is 1.49. The second kappa shape index (κ2) is 2.12. The van der Waals surface area contributed by atoms with Crippen molar-refractivity contribution in [1.29, 1.82) is 0 Å². The summed E-state index contributed by atoms with van der Waals surface area (Å²) in [5.41, 5.74) is 9.19. The number of nitrogen functional groups attached to an aromatic ring is 1. The van der Waals surface area contributed by atoms with Gasteiger partial charge in [0.25, 0.3) is 0 Å². The van der Waals surface area contributed by atoms with Gasteiger partial charge in [0.05, 0.1) is 0 Å². The Morgan fingerprint density at radius 1 is 1.36 bits per heavy atom. The number of fused-ring (bicyclic) bond motifs is 1. The Labute approximate surface area is 66.5 Å².